The number of carbonyl (C=O) groups is 1. The Bertz CT molecular complexity index is 689. The Morgan fingerprint density at radius 1 is 1.08 bits per heavy atom. The molecule has 0 atom stereocenters. The summed E-state index contributed by atoms with van der Waals surface area (Å²) in [4.78, 5) is 10.6. The predicted molar refractivity (Wildman–Crippen MR) is 93.1 cm³/mol. The molecule has 1 saturated carbocycles. The molecular formula is C15H20Cl2N2O4S. The molecule has 134 valence electrons. The summed E-state index contributed by atoms with van der Waals surface area (Å²) in [6, 6.07) is 4.21. The third-order valence-electron chi connectivity index (χ3n) is 4.27. The first kappa shape index (κ1) is 19.3. The van der Waals surface area contributed by atoms with Gasteiger partial charge in [0.25, 0.3) is 0 Å². The van der Waals surface area contributed by atoms with E-state index in [9.17, 15) is 13.2 Å². The van der Waals surface area contributed by atoms with E-state index in [1.54, 1.807) is 0 Å². The maximum absolute atomic E-state index is 12.3. The lowest BCUT2D eigenvalue weighted by molar-refractivity contribution is 0.188. The summed E-state index contributed by atoms with van der Waals surface area (Å²) < 4.78 is 27.2. The molecule has 0 radical (unpaired) electrons. The number of hydrogen-bond donors (Lipinski definition) is 3. The molecule has 1 amide bonds. The van der Waals surface area contributed by atoms with Crippen LogP contribution in [0.4, 0.5) is 4.79 Å². The fourth-order valence-electron chi connectivity index (χ4n) is 2.83. The molecule has 0 aliphatic heterocycles. The summed E-state index contributed by atoms with van der Waals surface area (Å²) in [5, 5.41) is 11.5. The molecule has 0 bridgehead atoms. The van der Waals surface area contributed by atoms with Crippen LogP contribution in [0.3, 0.4) is 0 Å². The van der Waals surface area contributed by atoms with Crippen LogP contribution in [0.5, 0.6) is 0 Å². The van der Waals surface area contributed by atoms with Crippen molar-refractivity contribution in [1.82, 2.24) is 10.0 Å². The Morgan fingerprint density at radius 2 is 1.67 bits per heavy atom. The number of sulfonamides is 1. The second-order valence-electron chi connectivity index (χ2n) is 6.00. The quantitative estimate of drug-likeness (QED) is 0.689. The van der Waals surface area contributed by atoms with Gasteiger partial charge in [-0.2, -0.15) is 0 Å². The van der Waals surface area contributed by atoms with Gasteiger partial charge in [-0.25, -0.2) is 17.9 Å². The van der Waals surface area contributed by atoms with Crippen LogP contribution in [0.2, 0.25) is 10.0 Å². The van der Waals surface area contributed by atoms with Crippen molar-refractivity contribution in [3.05, 3.63) is 28.2 Å². The molecule has 24 heavy (non-hydrogen) atoms. The van der Waals surface area contributed by atoms with Crippen LogP contribution >= 0.6 is 23.2 Å². The van der Waals surface area contributed by atoms with Crippen molar-refractivity contribution < 1.29 is 18.3 Å². The highest BCUT2D eigenvalue weighted by atomic mass is 35.5. The van der Waals surface area contributed by atoms with E-state index in [2.05, 4.69) is 10.0 Å². The second kappa shape index (κ2) is 8.38. The zero-order valence-corrected chi connectivity index (χ0v) is 15.3. The Hall–Kier alpha value is -1.02. The third-order valence-corrected chi connectivity index (χ3v) is 6.43. The number of halogens is 2. The van der Waals surface area contributed by atoms with Crippen LogP contribution in [0.25, 0.3) is 0 Å². The average Bonchev–Trinajstić information content (AvgIpc) is 2.54. The average molecular weight is 395 g/mol. The summed E-state index contributed by atoms with van der Waals surface area (Å²) in [5.74, 6) is 0.577. The largest absolute Gasteiger partial charge is 0.465 e. The van der Waals surface area contributed by atoms with E-state index in [4.69, 9.17) is 28.3 Å². The molecule has 0 unspecified atom stereocenters. The van der Waals surface area contributed by atoms with E-state index < -0.39 is 16.1 Å². The lowest BCUT2D eigenvalue weighted by atomic mass is 9.82. The fraction of sp³-hybridized carbons (Fsp3) is 0.533. The van der Waals surface area contributed by atoms with Crippen molar-refractivity contribution in [2.45, 2.75) is 30.6 Å². The van der Waals surface area contributed by atoms with E-state index in [1.165, 1.54) is 18.2 Å². The Balaban J connectivity index is 1.83. The van der Waals surface area contributed by atoms with Gasteiger partial charge in [0.1, 0.15) is 0 Å². The van der Waals surface area contributed by atoms with Crippen LogP contribution in [-0.2, 0) is 10.0 Å². The van der Waals surface area contributed by atoms with Gasteiger partial charge in [0.15, 0.2) is 0 Å². The number of nitrogens with one attached hydrogen (secondary N) is 2. The molecule has 0 saturated heterocycles. The lowest BCUT2D eigenvalue weighted by Crippen LogP contribution is -2.34. The topological polar surface area (TPSA) is 95.5 Å². The first-order valence-electron chi connectivity index (χ1n) is 7.69. The highest BCUT2D eigenvalue weighted by Gasteiger charge is 2.23. The Morgan fingerprint density at radius 3 is 2.21 bits per heavy atom. The minimum atomic E-state index is -3.62. The summed E-state index contributed by atoms with van der Waals surface area (Å²) in [7, 11) is -3.62. The SMILES string of the molecule is O=C(O)NC[C@H]1CC[C@H](CNS(=O)(=O)c2ccc(Cl)c(Cl)c2)CC1. The van der Waals surface area contributed by atoms with Crippen LogP contribution in [0.1, 0.15) is 25.7 Å². The van der Waals surface area contributed by atoms with Crippen LogP contribution in [-0.4, -0.2) is 32.7 Å². The Labute approximate surface area is 151 Å². The monoisotopic (exact) mass is 394 g/mol. The number of carboxylic acid groups (broad SMARTS) is 1. The molecule has 0 heterocycles. The number of amides is 1. The molecule has 2 rings (SSSR count). The number of rotatable bonds is 6. The van der Waals surface area contributed by atoms with Crippen LogP contribution in [0, 0.1) is 11.8 Å². The van der Waals surface area contributed by atoms with Gasteiger partial charge in [0.2, 0.25) is 10.0 Å². The van der Waals surface area contributed by atoms with Gasteiger partial charge in [0, 0.05) is 13.1 Å². The highest BCUT2D eigenvalue weighted by molar-refractivity contribution is 7.89. The lowest BCUT2D eigenvalue weighted by Gasteiger charge is -2.28. The molecule has 3 N–H and O–H groups in total. The first-order valence-corrected chi connectivity index (χ1v) is 9.93. The molecule has 1 aromatic carbocycles. The van der Waals surface area contributed by atoms with Gasteiger partial charge in [0.05, 0.1) is 14.9 Å². The molecule has 6 nitrogen and oxygen atoms in total. The van der Waals surface area contributed by atoms with Gasteiger partial charge in [-0.1, -0.05) is 23.2 Å². The highest BCUT2D eigenvalue weighted by Crippen LogP contribution is 2.29. The Kier molecular flexibility index (Phi) is 6.74. The van der Waals surface area contributed by atoms with Gasteiger partial charge < -0.3 is 10.4 Å². The maximum atomic E-state index is 12.3. The smallest absolute Gasteiger partial charge is 0.404 e. The van der Waals surface area contributed by atoms with E-state index >= 15 is 0 Å². The summed E-state index contributed by atoms with van der Waals surface area (Å²) in [5.41, 5.74) is 0. The molecule has 1 aromatic rings. The number of hydrogen-bond acceptors (Lipinski definition) is 3. The minimum Gasteiger partial charge on any atom is -0.465 e. The van der Waals surface area contributed by atoms with Crippen molar-refractivity contribution in [2.75, 3.05) is 13.1 Å². The summed E-state index contributed by atoms with van der Waals surface area (Å²) in [6.07, 6.45) is 2.51. The molecular weight excluding hydrogens is 375 g/mol. The van der Waals surface area contributed by atoms with E-state index in [0.29, 0.717) is 24.0 Å². The molecule has 0 spiro atoms. The normalized spacial score (nSPS) is 21.4. The van der Waals surface area contributed by atoms with Crippen molar-refractivity contribution in [3.8, 4) is 0 Å². The van der Waals surface area contributed by atoms with Gasteiger partial charge in [-0.05, 0) is 55.7 Å². The molecule has 0 aromatic heterocycles. The molecule has 1 aliphatic rings. The van der Waals surface area contributed by atoms with E-state index in [-0.39, 0.29) is 15.8 Å². The maximum Gasteiger partial charge on any atom is 0.404 e. The fourth-order valence-corrected chi connectivity index (χ4v) is 4.33. The van der Waals surface area contributed by atoms with Crippen molar-refractivity contribution >= 4 is 39.3 Å². The van der Waals surface area contributed by atoms with Gasteiger partial charge >= 0.3 is 6.09 Å². The van der Waals surface area contributed by atoms with Crippen LogP contribution in [0.15, 0.2) is 23.1 Å². The first-order chi connectivity index (χ1) is 11.3. The third kappa shape index (κ3) is 5.51. The summed E-state index contributed by atoms with van der Waals surface area (Å²) >= 11 is 11.7. The zero-order chi connectivity index (χ0) is 17.7. The summed E-state index contributed by atoms with van der Waals surface area (Å²) in [6.45, 7) is 0.818. The van der Waals surface area contributed by atoms with Crippen molar-refractivity contribution in [1.29, 1.82) is 0 Å². The predicted octanol–water partition coefficient (Wildman–Crippen LogP) is 3.35. The minimum absolute atomic E-state index is 0.0937. The van der Waals surface area contributed by atoms with Crippen molar-refractivity contribution in [2.24, 2.45) is 11.8 Å². The van der Waals surface area contributed by atoms with E-state index in [1.807, 2.05) is 0 Å². The zero-order valence-electron chi connectivity index (χ0n) is 13.0. The standard InChI is InChI=1S/C15H20Cl2N2O4S/c16-13-6-5-12(7-14(13)17)24(22,23)19-9-11-3-1-10(2-4-11)8-18-15(20)21/h5-7,10-11,18-19H,1-4,8-9H2,(H,20,21)/t10-,11-. The van der Waals surface area contributed by atoms with Gasteiger partial charge in [-0.3, -0.25) is 0 Å². The van der Waals surface area contributed by atoms with Crippen molar-refractivity contribution in [3.63, 3.8) is 0 Å². The molecule has 9 heteroatoms. The number of benzene rings is 1. The second-order valence-corrected chi connectivity index (χ2v) is 8.58. The molecule has 1 aliphatic carbocycles. The van der Waals surface area contributed by atoms with Gasteiger partial charge in [-0.15, -0.1) is 0 Å². The van der Waals surface area contributed by atoms with Crippen LogP contribution < -0.4 is 10.0 Å². The molecule has 1 fully saturated rings. The van der Waals surface area contributed by atoms with E-state index in [0.717, 1.165) is 25.7 Å².